The van der Waals surface area contributed by atoms with E-state index in [1.54, 1.807) is 12.1 Å². The SMILES string of the molecule is CCCCCCCCCCC1CCC(c2ccc(C(=O)OCC(F)F)cc2)CC1. The van der Waals surface area contributed by atoms with Crippen molar-refractivity contribution in [2.75, 3.05) is 6.61 Å². The highest BCUT2D eigenvalue weighted by Crippen LogP contribution is 2.37. The van der Waals surface area contributed by atoms with E-state index in [1.807, 2.05) is 12.1 Å². The third kappa shape index (κ3) is 9.27. The lowest BCUT2D eigenvalue weighted by molar-refractivity contribution is 0.0160. The molecule has 0 amide bonds. The minimum Gasteiger partial charge on any atom is -0.456 e. The minimum absolute atomic E-state index is 0.345. The zero-order chi connectivity index (χ0) is 20.9. The topological polar surface area (TPSA) is 26.3 Å². The summed E-state index contributed by atoms with van der Waals surface area (Å²) in [6.45, 7) is 1.42. The Hall–Kier alpha value is -1.45. The van der Waals surface area contributed by atoms with E-state index in [1.165, 1.54) is 89.0 Å². The molecule has 0 bridgehead atoms. The Bertz CT molecular complexity index is 563. The number of ether oxygens (including phenoxy) is 1. The molecule has 1 aromatic rings. The summed E-state index contributed by atoms with van der Waals surface area (Å²) in [5.41, 5.74) is 1.60. The third-order valence-corrected chi connectivity index (χ3v) is 6.27. The first kappa shape index (κ1) is 23.8. The molecule has 0 saturated heterocycles. The lowest BCUT2D eigenvalue weighted by Gasteiger charge is -2.29. The van der Waals surface area contributed by atoms with E-state index in [9.17, 15) is 13.6 Å². The molecule has 4 heteroatoms. The largest absolute Gasteiger partial charge is 0.456 e. The number of alkyl halides is 2. The molecule has 0 unspecified atom stereocenters. The number of carbonyl (C=O) groups is 1. The normalized spacial score (nSPS) is 19.4. The molecule has 1 aliphatic rings. The van der Waals surface area contributed by atoms with Crippen molar-refractivity contribution < 1.29 is 18.3 Å². The third-order valence-electron chi connectivity index (χ3n) is 6.27. The van der Waals surface area contributed by atoms with Gasteiger partial charge in [0.15, 0.2) is 6.61 Å². The molecule has 0 heterocycles. The van der Waals surface area contributed by atoms with Crippen LogP contribution < -0.4 is 0 Å². The zero-order valence-corrected chi connectivity index (χ0v) is 18.0. The quantitative estimate of drug-likeness (QED) is 0.245. The highest BCUT2D eigenvalue weighted by Gasteiger charge is 2.22. The van der Waals surface area contributed by atoms with Crippen molar-refractivity contribution in [1.82, 2.24) is 0 Å². The molecule has 0 atom stereocenters. The number of carbonyl (C=O) groups excluding carboxylic acids is 1. The van der Waals surface area contributed by atoms with Gasteiger partial charge in [-0.05, 0) is 55.2 Å². The van der Waals surface area contributed by atoms with Gasteiger partial charge in [-0.25, -0.2) is 13.6 Å². The summed E-state index contributed by atoms with van der Waals surface area (Å²) >= 11 is 0. The first-order chi connectivity index (χ1) is 14.1. The molecule has 1 saturated carbocycles. The van der Waals surface area contributed by atoms with E-state index in [0.717, 1.165) is 5.92 Å². The Morgan fingerprint density at radius 2 is 1.52 bits per heavy atom. The lowest BCUT2D eigenvalue weighted by atomic mass is 9.77. The van der Waals surface area contributed by atoms with E-state index >= 15 is 0 Å². The molecule has 0 aliphatic heterocycles. The summed E-state index contributed by atoms with van der Waals surface area (Å²) < 4.78 is 28.9. The second-order valence-electron chi connectivity index (χ2n) is 8.59. The molecule has 1 fully saturated rings. The summed E-state index contributed by atoms with van der Waals surface area (Å²) in [5.74, 6) is 0.747. The van der Waals surface area contributed by atoms with Crippen LogP contribution in [0, 0.1) is 5.92 Å². The van der Waals surface area contributed by atoms with Gasteiger partial charge in [0.2, 0.25) is 0 Å². The van der Waals surface area contributed by atoms with Gasteiger partial charge >= 0.3 is 5.97 Å². The van der Waals surface area contributed by atoms with E-state index in [4.69, 9.17) is 0 Å². The first-order valence-corrected chi connectivity index (χ1v) is 11.6. The van der Waals surface area contributed by atoms with E-state index in [0.29, 0.717) is 11.5 Å². The van der Waals surface area contributed by atoms with Gasteiger partial charge in [0.25, 0.3) is 6.43 Å². The lowest BCUT2D eigenvalue weighted by Crippen LogP contribution is -2.14. The fourth-order valence-corrected chi connectivity index (χ4v) is 4.46. The second kappa shape index (κ2) is 13.7. The maximum absolute atomic E-state index is 12.1. The molecule has 2 nitrogen and oxygen atoms in total. The molecule has 2 rings (SSSR count). The van der Waals surface area contributed by atoms with Gasteiger partial charge in [-0.2, -0.15) is 0 Å². The van der Waals surface area contributed by atoms with Gasteiger partial charge in [0.1, 0.15) is 0 Å². The Labute approximate surface area is 175 Å². The van der Waals surface area contributed by atoms with Crippen molar-refractivity contribution in [1.29, 1.82) is 0 Å². The molecule has 29 heavy (non-hydrogen) atoms. The van der Waals surface area contributed by atoms with Gasteiger partial charge in [-0.15, -0.1) is 0 Å². The van der Waals surface area contributed by atoms with E-state index in [-0.39, 0.29) is 0 Å². The monoisotopic (exact) mass is 408 g/mol. The van der Waals surface area contributed by atoms with Crippen LogP contribution >= 0.6 is 0 Å². The predicted molar refractivity (Wildman–Crippen MR) is 115 cm³/mol. The molecule has 164 valence electrons. The highest BCUT2D eigenvalue weighted by molar-refractivity contribution is 5.89. The molecule has 1 aliphatic carbocycles. The summed E-state index contributed by atoms with van der Waals surface area (Å²) in [7, 11) is 0. The van der Waals surface area contributed by atoms with Crippen molar-refractivity contribution in [3.05, 3.63) is 35.4 Å². The summed E-state index contributed by atoms with van der Waals surface area (Å²) in [5, 5.41) is 0. The van der Waals surface area contributed by atoms with E-state index in [2.05, 4.69) is 11.7 Å². The first-order valence-electron chi connectivity index (χ1n) is 11.6. The highest BCUT2D eigenvalue weighted by atomic mass is 19.3. The molecular weight excluding hydrogens is 370 g/mol. The molecule has 0 N–H and O–H groups in total. The average Bonchev–Trinajstić information content (AvgIpc) is 2.74. The number of hydrogen-bond donors (Lipinski definition) is 0. The number of unbranched alkanes of at least 4 members (excludes halogenated alkanes) is 7. The Balaban J connectivity index is 1.62. The van der Waals surface area contributed by atoms with Crippen LogP contribution in [0.2, 0.25) is 0 Å². The van der Waals surface area contributed by atoms with Crippen molar-refractivity contribution in [2.24, 2.45) is 5.92 Å². The average molecular weight is 409 g/mol. The van der Waals surface area contributed by atoms with Crippen LogP contribution in [0.3, 0.4) is 0 Å². The zero-order valence-electron chi connectivity index (χ0n) is 18.0. The van der Waals surface area contributed by atoms with Crippen LogP contribution in [0.5, 0.6) is 0 Å². The van der Waals surface area contributed by atoms with Crippen molar-refractivity contribution in [2.45, 2.75) is 103 Å². The van der Waals surface area contributed by atoms with Gasteiger partial charge in [-0.3, -0.25) is 0 Å². The van der Waals surface area contributed by atoms with Crippen LogP contribution in [0.25, 0.3) is 0 Å². The Kier molecular flexibility index (Phi) is 11.3. The van der Waals surface area contributed by atoms with Crippen molar-refractivity contribution in [3.63, 3.8) is 0 Å². The van der Waals surface area contributed by atoms with Gasteiger partial charge in [0.05, 0.1) is 5.56 Å². The van der Waals surface area contributed by atoms with Crippen LogP contribution in [0.15, 0.2) is 24.3 Å². The maximum Gasteiger partial charge on any atom is 0.338 e. The van der Waals surface area contributed by atoms with Gasteiger partial charge in [0, 0.05) is 0 Å². The predicted octanol–water partition coefficient (Wildman–Crippen LogP) is 7.91. The number of halogens is 2. The van der Waals surface area contributed by atoms with Crippen LogP contribution in [0.4, 0.5) is 8.78 Å². The fourth-order valence-electron chi connectivity index (χ4n) is 4.46. The van der Waals surface area contributed by atoms with Crippen molar-refractivity contribution in [3.8, 4) is 0 Å². The molecule has 0 aromatic heterocycles. The fraction of sp³-hybridized carbons (Fsp3) is 0.720. The number of rotatable bonds is 13. The number of hydrogen-bond acceptors (Lipinski definition) is 2. The second-order valence-corrected chi connectivity index (χ2v) is 8.59. The van der Waals surface area contributed by atoms with Crippen LogP contribution in [0.1, 0.15) is 112 Å². The maximum atomic E-state index is 12.1. The summed E-state index contributed by atoms with van der Waals surface area (Å²) in [6.07, 6.45) is 14.8. The summed E-state index contributed by atoms with van der Waals surface area (Å²) in [4.78, 5) is 11.7. The van der Waals surface area contributed by atoms with E-state index < -0.39 is 19.0 Å². The van der Waals surface area contributed by atoms with Crippen molar-refractivity contribution >= 4 is 5.97 Å². The van der Waals surface area contributed by atoms with Gasteiger partial charge < -0.3 is 4.74 Å². The van der Waals surface area contributed by atoms with Crippen LogP contribution in [-0.2, 0) is 4.74 Å². The minimum atomic E-state index is -2.63. The molecule has 1 aromatic carbocycles. The summed E-state index contributed by atoms with van der Waals surface area (Å²) in [6, 6.07) is 7.33. The standard InChI is InChI=1S/C25H38F2O2/c1-2-3-4-5-6-7-8-9-10-20-11-13-21(14-12-20)22-15-17-23(18-16-22)25(28)29-19-24(26)27/h15-18,20-21,24H,2-14,19H2,1H3. The molecule has 0 radical (unpaired) electrons. The molecule has 0 spiro atoms. The molecular formula is C25H38F2O2. The number of esters is 1. The van der Waals surface area contributed by atoms with Gasteiger partial charge in [-0.1, -0.05) is 76.8 Å². The Morgan fingerprint density at radius 1 is 0.931 bits per heavy atom. The number of benzene rings is 1. The van der Waals surface area contributed by atoms with Crippen LogP contribution in [-0.4, -0.2) is 19.0 Å². The smallest absolute Gasteiger partial charge is 0.338 e. The Morgan fingerprint density at radius 3 is 2.10 bits per heavy atom.